The molecule has 1 aliphatic carbocycles. The average molecular weight is 261 g/mol. The van der Waals surface area contributed by atoms with Gasteiger partial charge in [0.1, 0.15) is 5.82 Å². The van der Waals surface area contributed by atoms with Crippen LogP contribution in [0.3, 0.4) is 0 Å². The van der Waals surface area contributed by atoms with E-state index in [1.165, 1.54) is 19.3 Å². The quantitative estimate of drug-likeness (QED) is 0.856. The van der Waals surface area contributed by atoms with Gasteiger partial charge in [-0.3, -0.25) is 4.79 Å². The van der Waals surface area contributed by atoms with Gasteiger partial charge in [-0.15, -0.1) is 0 Å². The zero-order valence-electron chi connectivity index (χ0n) is 11.8. The molecule has 1 aromatic heterocycles. The molecule has 4 heteroatoms. The van der Waals surface area contributed by atoms with E-state index in [-0.39, 0.29) is 5.91 Å². The fourth-order valence-electron chi connectivity index (χ4n) is 2.48. The molecule has 0 unspecified atom stereocenters. The topological polar surface area (TPSA) is 68.0 Å². The van der Waals surface area contributed by atoms with Crippen molar-refractivity contribution in [3.05, 3.63) is 23.4 Å². The second-order valence-electron chi connectivity index (χ2n) is 5.87. The van der Waals surface area contributed by atoms with Gasteiger partial charge in [-0.1, -0.05) is 26.7 Å². The third-order valence-corrected chi connectivity index (χ3v) is 3.90. The average Bonchev–Trinajstić information content (AvgIpc) is 2.33. The van der Waals surface area contributed by atoms with Crippen LogP contribution in [0.1, 0.15) is 55.6 Å². The van der Waals surface area contributed by atoms with E-state index in [2.05, 4.69) is 24.1 Å². The van der Waals surface area contributed by atoms with Crippen LogP contribution >= 0.6 is 0 Å². The molecule has 1 saturated carbocycles. The number of carbonyl (C=O) groups excluding carboxylic acids is 1. The molecular weight excluding hydrogens is 238 g/mol. The molecule has 1 aromatic rings. The summed E-state index contributed by atoms with van der Waals surface area (Å²) < 4.78 is 0. The Bertz CT molecular complexity index is 466. The zero-order valence-corrected chi connectivity index (χ0v) is 11.8. The number of nitrogens with one attached hydrogen (secondary N) is 1. The van der Waals surface area contributed by atoms with Crippen LogP contribution in [0.25, 0.3) is 0 Å². The van der Waals surface area contributed by atoms with E-state index in [0.717, 1.165) is 25.1 Å². The van der Waals surface area contributed by atoms with Crippen molar-refractivity contribution in [1.82, 2.24) is 10.3 Å². The molecule has 1 heterocycles. The van der Waals surface area contributed by atoms with Gasteiger partial charge in [-0.2, -0.15) is 0 Å². The van der Waals surface area contributed by atoms with Gasteiger partial charge in [0.15, 0.2) is 0 Å². The summed E-state index contributed by atoms with van der Waals surface area (Å²) in [6, 6.07) is 3.50. The first kappa shape index (κ1) is 13.8. The predicted molar refractivity (Wildman–Crippen MR) is 76.9 cm³/mol. The molecule has 0 radical (unpaired) electrons. The number of aryl methyl sites for hydroxylation is 1. The molecule has 0 bridgehead atoms. The van der Waals surface area contributed by atoms with Crippen molar-refractivity contribution in [3.63, 3.8) is 0 Å². The molecule has 19 heavy (non-hydrogen) atoms. The lowest BCUT2D eigenvalue weighted by molar-refractivity contribution is 0.0890. The molecule has 0 aromatic carbocycles. The third-order valence-electron chi connectivity index (χ3n) is 3.90. The van der Waals surface area contributed by atoms with Crippen molar-refractivity contribution in [2.24, 2.45) is 5.41 Å². The highest BCUT2D eigenvalue weighted by Gasteiger charge is 2.31. The van der Waals surface area contributed by atoms with Gasteiger partial charge in [-0.05, 0) is 36.8 Å². The molecule has 2 rings (SSSR count). The second-order valence-corrected chi connectivity index (χ2v) is 5.87. The summed E-state index contributed by atoms with van der Waals surface area (Å²) in [4.78, 5) is 16.4. The summed E-state index contributed by atoms with van der Waals surface area (Å²) in [6.45, 7) is 5.05. The summed E-state index contributed by atoms with van der Waals surface area (Å²) in [5.41, 5.74) is 7.56. The monoisotopic (exact) mass is 261 g/mol. The fraction of sp³-hybridized carbons (Fsp3) is 0.600. The maximum Gasteiger partial charge on any atom is 0.251 e. The summed E-state index contributed by atoms with van der Waals surface area (Å²) in [7, 11) is 0. The van der Waals surface area contributed by atoms with Gasteiger partial charge in [0.2, 0.25) is 0 Å². The Morgan fingerprint density at radius 1 is 1.47 bits per heavy atom. The van der Waals surface area contributed by atoms with Crippen LogP contribution in [0, 0.1) is 5.41 Å². The van der Waals surface area contributed by atoms with Crippen molar-refractivity contribution in [2.75, 3.05) is 12.3 Å². The van der Waals surface area contributed by atoms with E-state index >= 15 is 0 Å². The Labute approximate surface area is 114 Å². The summed E-state index contributed by atoms with van der Waals surface area (Å²) in [5, 5.41) is 3.02. The van der Waals surface area contributed by atoms with Gasteiger partial charge in [0, 0.05) is 17.8 Å². The van der Waals surface area contributed by atoms with Crippen LogP contribution in [0.5, 0.6) is 0 Å². The summed E-state index contributed by atoms with van der Waals surface area (Å²) in [5.74, 6) is 0.380. The molecular formula is C15H23N3O. The van der Waals surface area contributed by atoms with E-state index in [1.807, 2.05) is 6.07 Å². The minimum atomic E-state index is -0.0421. The first-order valence-corrected chi connectivity index (χ1v) is 7.07. The standard InChI is InChI=1S/C15H23N3O/c1-3-5-12-8-11(9-13(16)18-12)14(19)17-10-15(2)6-4-7-15/h8-9H,3-7,10H2,1-2H3,(H2,16,18)(H,17,19). The van der Waals surface area contributed by atoms with Crippen LogP contribution in [0.15, 0.2) is 12.1 Å². The maximum atomic E-state index is 12.1. The summed E-state index contributed by atoms with van der Waals surface area (Å²) in [6.07, 6.45) is 5.52. The van der Waals surface area contributed by atoms with Crippen LogP contribution in [0.4, 0.5) is 5.82 Å². The fourth-order valence-corrected chi connectivity index (χ4v) is 2.48. The van der Waals surface area contributed by atoms with Crippen molar-refractivity contribution in [3.8, 4) is 0 Å². The van der Waals surface area contributed by atoms with E-state index in [9.17, 15) is 4.79 Å². The molecule has 3 N–H and O–H groups in total. The molecule has 1 amide bonds. The van der Waals surface area contributed by atoms with Crippen LogP contribution in [0.2, 0.25) is 0 Å². The molecule has 0 aliphatic heterocycles. The number of nitrogens with two attached hydrogens (primary N) is 1. The van der Waals surface area contributed by atoms with Crippen molar-refractivity contribution < 1.29 is 4.79 Å². The Morgan fingerprint density at radius 3 is 2.79 bits per heavy atom. The number of aromatic nitrogens is 1. The highest BCUT2D eigenvalue weighted by Crippen LogP contribution is 2.39. The Hall–Kier alpha value is -1.58. The predicted octanol–water partition coefficient (Wildman–Crippen LogP) is 2.54. The maximum absolute atomic E-state index is 12.1. The number of amides is 1. The molecule has 0 atom stereocenters. The van der Waals surface area contributed by atoms with E-state index in [0.29, 0.717) is 16.8 Å². The van der Waals surface area contributed by atoms with E-state index in [4.69, 9.17) is 5.73 Å². The van der Waals surface area contributed by atoms with Gasteiger partial charge in [0.05, 0.1) is 0 Å². The molecule has 104 valence electrons. The minimum Gasteiger partial charge on any atom is -0.384 e. The minimum absolute atomic E-state index is 0.0421. The molecule has 1 aliphatic rings. The zero-order chi connectivity index (χ0) is 13.9. The van der Waals surface area contributed by atoms with E-state index < -0.39 is 0 Å². The van der Waals surface area contributed by atoms with Gasteiger partial charge in [0.25, 0.3) is 5.91 Å². The second kappa shape index (κ2) is 5.59. The lowest BCUT2D eigenvalue weighted by atomic mass is 9.70. The van der Waals surface area contributed by atoms with Crippen molar-refractivity contribution in [1.29, 1.82) is 0 Å². The number of hydrogen-bond donors (Lipinski definition) is 2. The van der Waals surface area contributed by atoms with Gasteiger partial charge in [-0.25, -0.2) is 4.98 Å². The number of rotatable bonds is 5. The molecule has 0 saturated heterocycles. The first-order chi connectivity index (χ1) is 9.02. The number of nitrogens with zero attached hydrogens (tertiary/aromatic N) is 1. The lowest BCUT2D eigenvalue weighted by Crippen LogP contribution is -2.40. The largest absolute Gasteiger partial charge is 0.384 e. The lowest BCUT2D eigenvalue weighted by Gasteiger charge is -2.38. The van der Waals surface area contributed by atoms with Crippen molar-refractivity contribution >= 4 is 11.7 Å². The van der Waals surface area contributed by atoms with Crippen LogP contribution in [-0.2, 0) is 6.42 Å². The molecule has 4 nitrogen and oxygen atoms in total. The number of nitrogen functional groups attached to an aromatic ring is 1. The highest BCUT2D eigenvalue weighted by molar-refractivity contribution is 5.94. The number of pyridine rings is 1. The Balaban J connectivity index is 2.01. The van der Waals surface area contributed by atoms with E-state index in [1.54, 1.807) is 6.07 Å². The number of hydrogen-bond acceptors (Lipinski definition) is 3. The van der Waals surface area contributed by atoms with Gasteiger partial charge >= 0.3 is 0 Å². The van der Waals surface area contributed by atoms with Crippen LogP contribution in [-0.4, -0.2) is 17.4 Å². The Kier molecular flexibility index (Phi) is 4.08. The molecule has 0 spiro atoms. The van der Waals surface area contributed by atoms with Crippen molar-refractivity contribution in [2.45, 2.75) is 46.0 Å². The smallest absolute Gasteiger partial charge is 0.251 e. The summed E-state index contributed by atoms with van der Waals surface area (Å²) >= 11 is 0. The van der Waals surface area contributed by atoms with Crippen LogP contribution < -0.4 is 11.1 Å². The number of carbonyl (C=O) groups is 1. The Morgan fingerprint density at radius 2 is 2.21 bits per heavy atom. The third kappa shape index (κ3) is 3.46. The van der Waals surface area contributed by atoms with Gasteiger partial charge < -0.3 is 11.1 Å². The highest BCUT2D eigenvalue weighted by atomic mass is 16.1. The SMILES string of the molecule is CCCc1cc(C(=O)NCC2(C)CCC2)cc(N)n1. The number of anilines is 1. The molecule has 1 fully saturated rings. The normalized spacial score (nSPS) is 16.7. The first-order valence-electron chi connectivity index (χ1n) is 7.07.